The van der Waals surface area contributed by atoms with Crippen LogP contribution < -0.4 is 10.5 Å². The molecule has 0 aliphatic rings. The minimum Gasteiger partial charge on any atom is -0.398 e. The lowest BCUT2D eigenvalue weighted by molar-refractivity contribution is 0.588. The fourth-order valence-electron chi connectivity index (χ4n) is 0.997. The van der Waals surface area contributed by atoms with Crippen molar-refractivity contribution in [2.24, 2.45) is 0 Å². The predicted octanol–water partition coefficient (Wildman–Crippen LogP) is 0.899. The van der Waals surface area contributed by atoms with E-state index >= 15 is 0 Å². The van der Waals surface area contributed by atoms with E-state index in [1.807, 2.05) is 6.26 Å². The van der Waals surface area contributed by atoms with E-state index in [1.165, 1.54) is 30.9 Å². The summed E-state index contributed by atoms with van der Waals surface area (Å²) in [6, 6.07) is 4.69. The second-order valence-corrected chi connectivity index (χ2v) is 5.35. The molecule has 0 spiro atoms. The van der Waals surface area contributed by atoms with Crippen LogP contribution in [0.5, 0.6) is 0 Å². The lowest BCUT2D eigenvalue weighted by Crippen LogP contribution is -2.18. The Labute approximate surface area is 87.9 Å². The Morgan fingerprint density at radius 3 is 2.50 bits per heavy atom. The highest BCUT2D eigenvalue weighted by Gasteiger charge is 2.12. The average molecular weight is 232 g/mol. The van der Waals surface area contributed by atoms with E-state index in [1.54, 1.807) is 6.07 Å². The monoisotopic (exact) mass is 232 g/mol. The summed E-state index contributed by atoms with van der Waals surface area (Å²) in [5, 5.41) is 0. The Kier molecular flexibility index (Phi) is 3.41. The van der Waals surface area contributed by atoms with Gasteiger partial charge in [-0.3, -0.25) is 0 Å². The molecule has 1 rings (SSSR count). The van der Waals surface area contributed by atoms with Crippen LogP contribution in [0.4, 0.5) is 5.69 Å². The van der Waals surface area contributed by atoms with Crippen molar-refractivity contribution < 1.29 is 8.42 Å². The van der Waals surface area contributed by atoms with Crippen molar-refractivity contribution in [3.8, 4) is 0 Å². The molecule has 0 aliphatic carbocycles. The van der Waals surface area contributed by atoms with E-state index in [4.69, 9.17) is 5.73 Å². The highest BCUT2D eigenvalue weighted by Crippen LogP contribution is 2.25. The number of benzene rings is 1. The quantitative estimate of drug-likeness (QED) is 0.600. The number of thioether (sulfide) groups is 1. The van der Waals surface area contributed by atoms with Gasteiger partial charge < -0.3 is 5.73 Å². The van der Waals surface area contributed by atoms with E-state index in [9.17, 15) is 8.42 Å². The summed E-state index contributed by atoms with van der Waals surface area (Å²) >= 11 is 1.48. The molecular formula is C8H12N2O2S2. The molecule has 14 heavy (non-hydrogen) atoms. The van der Waals surface area contributed by atoms with E-state index in [2.05, 4.69) is 4.72 Å². The Morgan fingerprint density at radius 2 is 2.07 bits per heavy atom. The SMILES string of the molecule is CNS(=O)(=O)c1ccc(SC)c(N)c1. The first-order chi connectivity index (χ1) is 6.51. The number of anilines is 1. The van der Waals surface area contributed by atoms with Crippen LogP contribution >= 0.6 is 11.8 Å². The number of hydrogen-bond acceptors (Lipinski definition) is 4. The first-order valence-corrected chi connectivity index (χ1v) is 6.59. The third kappa shape index (κ3) is 2.20. The van der Waals surface area contributed by atoms with Crippen molar-refractivity contribution >= 4 is 27.5 Å². The lowest BCUT2D eigenvalue weighted by Gasteiger charge is -2.06. The molecular weight excluding hydrogens is 220 g/mol. The minimum absolute atomic E-state index is 0.190. The standard InChI is InChI=1S/C8H12N2O2S2/c1-10-14(11,12)6-3-4-8(13-2)7(9)5-6/h3-5,10H,9H2,1-2H3. The van der Waals surface area contributed by atoms with Crippen molar-refractivity contribution in [3.05, 3.63) is 18.2 Å². The first-order valence-electron chi connectivity index (χ1n) is 3.88. The maximum Gasteiger partial charge on any atom is 0.240 e. The van der Waals surface area contributed by atoms with Gasteiger partial charge in [-0.05, 0) is 31.5 Å². The minimum atomic E-state index is -3.38. The number of hydrogen-bond donors (Lipinski definition) is 2. The maximum atomic E-state index is 11.4. The molecule has 0 amide bonds. The molecule has 4 nitrogen and oxygen atoms in total. The molecule has 1 aromatic carbocycles. The smallest absolute Gasteiger partial charge is 0.240 e. The van der Waals surface area contributed by atoms with Crippen LogP contribution in [-0.2, 0) is 10.0 Å². The van der Waals surface area contributed by atoms with Crippen molar-refractivity contribution in [3.63, 3.8) is 0 Å². The van der Waals surface area contributed by atoms with Crippen molar-refractivity contribution in [1.82, 2.24) is 4.72 Å². The molecule has 0 radical (unpaired) electrons. The Morgan fingerprint density at radius 1 is 1.43 bits per heavy atom. The number of nitrogens with one attached hydrogen (secondary N) is 1. The summed E-state index contributed by atoms with van der Waals surface area (Å²) in [6.07, 6.45) is 1.89. The first kappa shape index (κ1) is 11.4. The third-order valence-corrected chi connectivity index (χ3v) is 4.00. The zero-order chi connectivity index (χ0) is 10.8. The van der Waals surface area contributed by atoms with Gasteiger partial charge in [-0.2, -0.15) is 0 Å². The second-order valence-electron chi connectivity index (χ2n) is 2.61. The molecule has 0 atom stereocenters. The number of rotatable bonds is 3. The van der Waals surface area contributed by atoms with Gasteiger partial charge in [0.25, 0.3) is 0 Å². The van der Waals surface area contributed by atoms with Crippen LogP contribution in [0.15, 0.2) is 28.0 Å². The molecule has 1 aromatic rings. The normalized spacial score (nSPS) is 11.6. The van der Waals surface area contributed by atoms with Gasteiger partial charge >= 0.3 is 0 Å². The van der Waals surface area contributed by atoms with Crippen LogP contribution in [0, 0.1) is 0 Å². The zero-order valence-corrected chi connectivity index (χ0v) is 9.58. The van der Waals surface area contributed by atoms with Gasteiger partial charge in [-0.1, -0.05) is 0 Å². The molecule has 0 saturated heterocycles. The zero-order valence-electron chi connectivity index (χ0n) is 7.94. The van der Waals surface area contributed by atoms with Crippen LogP contribution in [-0.4, -0.2) is 21.7 Å². The van der Waals surface area contributed by atoms with E-state index in [0.29, 0.717) is 5.69 Å². The summed E-state index contributed by atoms with van der Waals surface area (Å²) in [4.78, 5) is 1.07. The van der Waals surface area contributed by atoms with Crippen molar-refractivity contribution in [2.45, 2.75) is 9.79 Å². The van der Waals surface area contributed by atoms with Crippen LogP contribution in [0.3, 0.4) is 0 Å². The Bertz CT molecular complexity index is 429. The van der Waals surface area contributed by atoms with Crippen LogP contribution in [0.25, 0.3) is 0 Å². The molecule has 0 bridgehead atoms. The van der Waals surface area contributed by atoms with Gasteiger partial charge in [0.05, 0.1) is 4.90 Å². The fraction of sp³-hybridized carbons (Fsp3) is 0.250. The largest absolute Gasteiger partial charge is 0.398 e. The summed E-state index contributed by atoms with van der Waals surface area (Å²) in [5.41, 5.74) is 6.15. The van der Waals surface area contributed by atoms with Gasteiger partial charge in [-0.25, -0.2) is 13.1 Å². The molecule has 0 aromatic heterocycles. The van der Waals surface area contributed by atoms with Gasteiger partial charge in [0.15, 0.2) is 0 Å². The molecule has 6 heteroatoms. The topological polar surface area (TPSA) is 72.2 Å². The Hall–Kier alpha value is -0.720. The van der Waals surface area contributed by atoms with E-state index in [-0.39, 0.29) is 4.90 Å². The maximum absolute atomic E-state index is 11.4. The lowest BCUT2D eigenvalue weighted by atomic mass is 10.3. The summed E-state index contributed by atoms with van der Waals surface area (Å²) in [7, 11) is -2.02. The molecule has 0 unspecified atom stereocenters. The number of sulfonamides is 1. The van der Waals surface area contributed by atoms with E-state index < -0.39 is 10.0 Å². The van der Waals surface area contributed by atoms with Crippen LogP contribution in [0.1, 0.15) is 0 Å². The van der Waals surface area contributed by atoms with Crippen LogP contribution in [0.2, 0.25) is 0 Å². The molecule has 0 heterocycles. The number of nitrogen functional groups attached to an aromatic ring is 1. The van der Waals surface area contributed by atoms with Gasteiger partial charge in [-0.15, -0.1) is 11.8 Å². The summed E-state index contributed by atoms with van der Waals surface area (Å²) in [6.45, 7) is 0. The average Bonchev–Trinajstić information content (AvgIpc) is 2.17. The summed E-state index contributed by atoms with van der Waals surface area (Å²) < 4.78 is 25.0. The molecule has 3 N–H and O–H groups in total. The van der Waals surface area contributed by atoms with Crippen molar-refractivity contribution in [2.75, 3.05) is 19.0 Å². The van der Waals surface area contributed by atoms with Gasteiger partial charge in [0.1, 0.15) is 0 Å². The van der Waals surface area contributed by atoms with E-state index in [0.717, 1.165) is 4.90 Å². The molecule has 0 fully saturated rings. The number of nitrogens with two attached hydrogens (primary N) is 1. The Balaban J connectivity index is 3.22. The second kappa shape index (κ2) is 4.20. The summed E-state index contributed by atoms with van der Waals surface area (Å²) in [5.74, 6) is 0. The third-order valence-electron chi connectivity index (χ3n) is 1.78. The molecule has 0 aliphatic heterocycles. The fourth-order valence-corrected chi connectivity index (χ4v) is 2.26. The van der Waals surface area contributed by atoms with Gasteiger partial charge in [0.2, 0.25) is 10.0 Å². The van der Waals surface area contributed by atoms with Crippen molar-refractivity contribution in [1.29, 1.82) is 0 Å². The highest BCUT2D eigenvalue weighted by molar-refractivity contribution is 7.98. The highest BCUT2D eigenvalue weighted by atomic mass is 32.2. The molecule has 78 valence electrons. The molecule has 0 saturated carbocycles. The van der Waals surface area contributed by atoms with Gasteiger partial charge in [0, 0.05) is 10.6 Å². The predicted molar refractivity (Wildman–Crippen MR) is 58.9 cm³/mol.